The summed E-state index contributed by atoms with van der Waals surface area (Å²) in [5.41, 5.74) is 0.999. The van der Waals surface area contributed by atoms with Gasteiger partial charge in [-0.2, -0.15) is 0 Å². The first-order chi connectivity index (χ1) is 13.3. The van der Waals surface area contributed by atoms with Gasteiger partial charge >= 0.3 is 0 Å². The minimum atomic E-state index is -0.298. The monoisotopic (exact) mass is 388 g/mol. The molecule has 2 atom stereocenters. The molecule has 0 bridgehead atoms. The molecule has 2 fully saturated rings. The summed E-state index contributed by atoms with van der Waals surface area (Å²) < 4.78 is 6.52. The number of carbonyl (C=O) groups excluding carboxylic acids is 1. The van der Waals surface area contributed by atoms with Crippen LogP contribution in [0.5, 0.6) is 0 Å². The normalized spacial score (nSPS) is 25.1. The Morgan fingerprint density at radius 3 is 2.71 bits per heavy atom. The lowest BCUT2D eigenvalue weighted by Crippen LogP contribution is -2.55. The van der Waals surface area contributed by atoms with Crippen LogP contribution in [-0.4, -0.2) is 51.8 Å². The van der Waals surface area contributed by atoms with Crippen LogP contribution in [0.25, 0.3) is 0 Å². The highest BCUT2D eigenvalue weighted by Crippen LogP contribution is 2.42. The Labute approximate surface area is 169 Å². The van der Waals surface area contributed by atoms with Gasteiger partial charge in [-0.05, 0) is 49.1 Å². The van der Waals surface area contributed by atoms with E-state index in [9.17, 15) is 9.90 Å². The van der Waals surface area contributed by atoms with Crippen molar-refractivity contribution in [1.82, 2.24) is 9.88 Å². The van der Waals surface area contributed by atoms with Gasteiger partial charge in [-0.3, -0.25) is 9.78 Å². The molecule has 0 unspecified atom stereocenters. The van der Waals surface area contributed by atoms with Crippen LogP contribution in [0.1, 0.15) is 71.3 Å². The molecule has 5 heteroatoms. The third-order valence-corrected chi connectivity index (χ3v) is 6.31. The van der Waals surface area contributed by atoms with E-state index in [1.54, 1.807) is 6.20 Å². The molecule has 0 aliphatic carbocycles. The Hall–Kier alpha value is -1.46. The molecule has 0 saturated carbocycles. The molecule has 2 aliphatic heterocycles. The van der Waals surface area contributed by atoms with Crippen molar-refractivity contribution in [3.05, 3.63) is 30.1 Å². The Morgan fingerprint density at radius 2 is 2.07 bits per heavy atom. The van der Waals surface area contributed by atoms with E-state index in [1.807, 2.05) is 17.2 Å². The van der Waals surface area contributed by atoms with Crippen molar-refractivity contribution in [2.45, 2.75) is 89.9 Å². The maximum Gasteiger partial charge on any atom is 0.222 e. The summed E-state index contributed by atoms with van der Waals surface area (Å²) in [7, 11) is 0. The van der Waals surface area contributed by atoms with E-state index in [-0.39, 0.29) is 29.1 Å². The summed E-state index contributed by atoms with van der Waals surface area (Å²) in [6.45, 7) is 8.00. The van der Waals surface area contributed by atoms with Crippen molar-refractivity contribution in [2.24, 2.45) is 5.41 Å². The second-order valence-corrected chi connectivity index (χ2v) is 9.70. The number of ether oxygens (including phenoxy) is 1. The van der Waals surface area contributed by atoms with E-state index in [1.165, 1.54) is 5.56 Å². The zero-order chi connectivity index (χ0) is 20.2. The summed E-state index contributed by atoms with van der Waals surface area (Å²) in [5, 5.41) is 10.4. The minimum absolute atomic E-state index is 0.0234. The molecule has 2 saturated heterocycles. The number of likely N-dealkylation sites (tertiary alicyclic amines) is 1. The zero-order valence-electron chi connectivity index (χ0n) is 17.7. The number of pyridine rings is 1. The van der Waals surface area contributed by atoms with Crippen LogP contribution in [0, 0.1) is 5.41 Å². The van der Waals surface area contributed by atoms with E-state index >= 15 is 0 Å². The number of carbonyl (C=O) groups is 1. The molecule has 1 N–H and O–H groups in total. The van der Waals surface area contributed by atoms with Gasteiger partial charge in [0.2, 0.25) is 5.91 Å². The van der Waals surface area contributed by atoms with Crippen LogP contribution in [0.4, 0.5) is 0 Å². The number of unbranched alkanes of at least 4 members (excludes halogenated alkanes) is 1. The average Bonchev–Trinajstić information content (AvgIpc) is 2.65. The van der Waals surface area contributed by atoms with Crippen LogP contribution in [0.15, 0.2) is 24.5 Å². The van der Waals surface area contributed by atoms with Gasteiger partial charge in [0.05, 0.1) is 17.8 Å². The van der Waals surface area contributed by atoms with E-state index in [0.717, 1.165) is 45.2 Å². The first-order valence-corrected chi connectivity index (χ1v) is 10.8. The van der Waals surface area contributed by atoms with Crippen LogP contribution in [-0.2, 0) is 16.0 Å². The van der Waals surface area contributed by atoms with Gasteiger partial charge in [-0.15, -0.1) is 0 Å². The number of piperidine rings is 1. The van der Waals surface area contributed by atoms with E-state index in [4.69, 9.17) is 4.74 Å². The maximum atomic E-state index is 12.6. The van der Waals surface area contributed by atoms with E-state index < -0.39 is 0 Å². The molecule has 1 amide bonds. The molecule has 28 heavy (non-hydrogen) atoms. The molecule has 1 spiro atoms. The molecular formula is C23H36N2O3. The Balaban J connectivity index is 1.43. The number of nitrogens with zero attached hydrogens (tertiary/aromatic N) is 2. The predicted molar refractivity (Wildman–Crippen MR) is 110 cm³/mol. The molecule has 2 aliphatic rings. The third-order valence-electron chi connectivity index (χ3n) is 6.31. The molecule has 1 aromatic heterocycles. The molecule has 1 aromatic rings. The fourth-order valence-electron chi connectivity index (χ4n) is 4.48. The van der Waals surface area contributed by atoms with E-state index in [0.29, 0.717) is 19.3 Å². The van der Waals surface area contributed by atoms with Crippen molar-refractivity contribution in [2.75, 3.05) is 13.1 Å². The van der Waals surface area contributed by atoms with Crippen LogP contribution < -0.4 is 0 Å². The largest absolute Gasteiger partial charge is 0.393 e. The summed E-state index contributed by atoms with van der Waals surface area (Å²) in [4.78, 5) is 18.7. The predicted octanol–water partition coefficient (Wildman–Crippen LogP) is 3.74. The van der Waals surface area contributed by atoms with Crippen molar-refractivity contribution in [1.29, 1.82) is 0 Å². The highest BCUT2D eigenvalue weighted by Gasteiger charge is 2.46. The fraction of sp³-hybridized carbons (Fsp3) is 0.739. The standard InChI is InChI=1S/C23H36N2O3/c1-22(2,3)20-15-19(26)16-23(28-20)10-13-25(14-11-23)21(27)9-5-4-7-18-8-6-12-24-17-18/h6,8,12,17,19-20,26H,4-5,7,9-11,13-16H2,1-3H3/t19-,20-/m1/s1. The SMILES string of the molecule is CC(C)(C)[C@H]1C[C@@H](O)CC2(CCN(C(=O)CCCCc3cccnc3)CC2)O1. The maximum absolute atomic E-state index is 12.6. The van der Waals surface area contributed by atoms with Gasteiger partial charge < -0.3 is 14.7 Å². The van der Waals surface area contributed by atoms with Crippen molar-refractivity contribution < 1.29 is 14.6 Å². The average molecular weight is 389 g/mol. The Morgan fingerprint density at radius 1 is 1.32 bits per heavy atom. The molecule has 3 rings (SSSR count). The van der Waals surface area contributed by atoms with Crippen molar-refractivity contribution in [3.8, 4) is 0 Å². The van der Waals surface area contributed by atoms with E-state index in [2.05, 4.69) is 31.8 Å². The summed E-state index contributed by atoms with van der Waals surface area (Å²) >= 11 is 0. The zero-order valence-corrected chi connectivity index (χ0v) is 17.7. The van der Waals surface area contributed by atoms with Gasteiger partial charge in [-0.25, -0.2) is 0 Å². The van der Waals surface area contributed by atoms with Crippen LogP contribution >= 0.6 is 0 Å². The quantitative estimate of drug-likeness (QED) is 0.781. The van der Waals surface area contributed by atoms with Crippen molar-refractivity contribution in [3.63, 3.8) is 0 Å². The van der Waals surface area contributed by atoms with Gasteiger partial charge in [0, 0.05) is 44.7 Å². The number of aliphatic hydroxyl groups excluding tert-OH is 1. The van der Waals surface area contributed by atoms with Gasteiger partial charge in [0.25, 0.3) is 0 Å². The second kappa shape index (κ2) is 8.91. The van der Waals surface area contributed by atoms with Gasteiger partial charge in [0.15, 0.2) is 0 Å². The van der Waals surface area contributed by atoms with Crippen molar-refractivity contribution >= 4 is 5.91 Å². The molecular weight excluding hydrogens is 352 g/mol. The third kappa shape index (κ3) is 5.54. The number of aliphatic hydroxyl groups is 1. The highest BCUT2D eigenvalue weighted by atomic mass is 16.5. The molecule has 0 aromatic carbocycles. The Kier molecular flexibility index (Phi) is 6.77. The van der Waals surface area contributed by atoms with Gasteiger partial charge in [0.1, 0.15) is 0 Å². The summed E-state index contributed by atoms with van der Waals surface area (Å²) in [5.74, 6) is 0.254. The minimum Gasteiger partial charge on any atom is -0.393 e. The number of hydrogen-bond donors (Lipinski definition) is 1. The number of aryl methyl sites for hydroxylation is 1. The van der Waals surface area contributed by atoms with Crippen LogP contribution in [0.2, 0.25) is 0 Å². The first-order valence-electron chi connectivity index (χ1n) is 10.8. The first kappa shape index (κ1) is 21.3. The number of aromatic nitrogens is 1. The lowest BCUT2D eigenvalue weighted by molar-refractivity contribution is -0.207. The number of rotatable bonds is 5. The lowest BCUT2D eigenvalue weighted by Gasteiger charge is -2.50. The Bertz CT molecular complexity index is 633. The smallest absolute Gasteiger partial charge is 0.222 e. The topological polar surface area (TPSA) is 62.7 Å². The summed E-state index contributed by atoms with van der Waals surface area (Å²) in [6.07, 6.45) is 10.1. The fourth-order valence-corrected chi connectivity index (χ4v) is 4.48. The molecule has 3 heterocycles. The molecule has 156 valence electrons. The number of hydrogen-bond acceptors (Lipinski definition) is 4. The second-order valence-electron chi connectivity index (χ2n) is 9.70. The lowest BCUT2D eigenvalue weighted by atomic mass is 9.76. The molecule has 5 nitrogen and oxygen atoms in total. The molecule has 0 radical (unpaired) electrons. The number of amides is 1. The van der Waals surface area contributed by atoms with Gasteiger partial charge in [-0.1, -0.05) is 26.8 Å². The van der Waals surface area contributed by atoms with Crippen LogP contribution in [0.3, 0.4) is 0 Å². The highest BCUT2D eigenvalue weighted by molar-refractivity contribution is 5.76. The summed E-state index contributed by atoms with van der Waals surface area (Å²) in [6, 6.07) is 4.04.